The van der Waals surface area contributed by atoms with Crippen LogP contribution >= 0.6 is 0 Å². The van der Waals surface area contributed by atoms with Gasteiger partial charge in [0.25, 0.3) is 0 Å². The Bertz CT molecular complexity index is 379. The highest BCUT2D eigenvalue weighted by molar-refractivity contribution is 5.92. The molecule has 0 amide bonds. The largest absolute Gasteiger partial charge is 0.381 e. The standard InChI is InChI=1S/C13H21N3O3/c1-12(17)7-8-13(18)6-4-2-3-5-10-19-11-9-15-16-14/h4,6H,2-3,5,7-11H2,1H3/b6-4+/i3T. The molecule has 0 aliphatic carbocycles. The van der Waals surface area contributed by atoms with Crippen molar-refractivity contribution in [3.05, 3.63) is 22.6 Å². The number of hydrogen-bond acceptors (Lipinski definition) is 4. The molecule has 0 saturated heterocycles. The van der Waals surface area contributed by atoms with Crippen molar-refractivity contribution < 1.29 is 15.7 Å². The van der Waals surface area contributed by atoms with E-state index in [2.05, 4.69) is 10.0 Å². The first kappa shape index (κ1) is 15.4. The summed E-state index contributed by atoms with van der Waals surface area (Å²) < 4.78 is 12.9. The van der Waals surface area contributed by atoms with E-state index < -0.39 is 0 Å². The van der Waals surface area contributed by atoms with Gasteiger partial charge in [-0.3, -0.25) is 4.79 Å². The van der Waals surface area contributed by atoms with Gasteiger partial charge in [-0.2, -0.15) is 0 Å². The van der Waals surface area contributed by atoms with Gasteiger partial charge in [-0.1, -0.05) is 11.2 Å². The maximum Gasteiger partial charge on any atom is 0.155 e. The van der Waals surface area contributed by atoms with Crippen molar-refractivity contribution in [2.24, 2.45) is 5.11 Å². The average Bonchev–Trinajstić information content (AvgIpc) is 2.40. The number of ketones is 2. The zero-order chi connectivity index (χ0) is 15.2. The summed E-state index contributed by atoms with van der Waals surface area (Å²) in [5.74, 6) is -0.0824. The Hall–Kier alpha value is -1.65. The van der Waals surface area contributed by atoms with Crippen molar-refractivity contribution in [1.82, 2.24) is 0 Å². The molecule has 19 heavy (non-hydrogen) atoms. The predicted octanol–water partition coefficient (Wildman–Crippen LogP) is 2.98. The van der Waals surface area contributed by atoms with E-state index in [4.69, 9.17) is 11.6 Å². The first-order chi connectivity index (χ1) is 9.56. The lowest BCUT2D eigenvalue weighted by Crippen LogP contribution is -1.99. The molecule has 1 unspecified atom stereocenters. The molecule has 0 aromatic carbocycles. The smallest absolute Gasteiger partial charge is 0.155 e. The lowest BCUT2D eigenvalue weighted by Gasteiger charge is -2.00. The van der Waals surface area contributed by atoms with Crippen molar-refractivity contribution >= 4 is 11.6 Å². The SMILES string of the molecule is [3H]C(C/C=C/C(=O)CCC(C)=O)CCOCCN=[N+]=[N-]. The Morgan fingerprint density at radius 3 is 2.89 bits per heavy atom. The van der Waals surface area contributed by atoms with Crippen molar-refractivity contribution in [3.63, 3.8) is 0 Å². The maximum absolute atomic E-state index is 11.3. The number of azide groups is 1. The zero-order valence-corrected chi connectivity index (χ0v) is 11.2. The molecule has 0 bridgehead atoms. The summed E-state index contributed by atoms with van der Waals surface area (Å²) in [6.07, 6.45) is 4.32. The van der Waals surface area contributed by atoms with Gasteiger partial charge in [0.2, 0.25) is 0 Å². The second-order valence-electron chi connectivity index (χ2n) is 3.95. The van der Waals surface area contributed by atoms with E-state index in [1.807, 2.05) is 0 Å². The molecule has 0 N–H and O–H groups in total. The lowest BCUT2D eigenvalue weighted by atomic mass is 10.1. The molecule has 0 saturated carbocycles. The number of hydrogen-bond donors (Lipinski definition) is 0. The third-order valence-corrected chi connectivity index (χ3v) is 2.20. The highest BCUT2D eigenvalue weighted by Gasteiger charge is 1.99. The minimum absolute atomic E-state index is 0.00278. The van der Waals surface area contributed by atoms with Crippen LogP contribution in [0.3, 0.4) is 0 Å². The van der Waals surface area contributed by atoms with Gasteiger partial charge >= 0.3 is 0 Å². The quantitative estimate of drug-likeness (QED) is 0.179. The van der Waals surface area contributed by atoms with Gasteiger partial charge in [-0.25, -0.2) is 0 Å². The van der Waals surface area contributed by atoms with Gasteiger partial charge in [0.1, 0.15) is 5.78 Å². The lowest BCUT2D eigenvalue weighted by molar-refractivity contribution is -0.120. The fourth-order valence-electron chi connectivity index (χ4n) is 1.21. The monoisotopic (exact) mass is 269 g/mol. The Balaban J connectivity index is 3.60. The van der Waals surface area contributed by atoms with Crippen LogP contribution in [-0.2, 0) is 14.3 Å². The van der Waals surface area contributed by atoms with Gasteiger partial charge in [-0.15, -0.1) is 0 Å². The van der Waals surface area contributed by atoms with Crippen molar-refractivity contribution in [1.29, 1.82) is 0 Å². The van der Waals surface area contributed by atoms with Crippen LogP contribution in [0.5, 0.6) is 0 Å². The topological polar surface area (TPSA) is 92.1 Å². The van der Waals surface area contributed by atoms with Crippen LogP contribution < -0.4 is 0 Å². The summed E-state index contributed by atoms with van der Waals surface area (Å²) in [7, 11) is 0. The Morgan fingerprint density at radius 2 is 2.21 bits per heavy atom. The summed E-state index contributed by atoms with van der Waals surface area (Å²) in [5.41, 5.74) is 8.04. The Labute approximate surface area is 114 Å². The summed E-state index contributed by atoms with van der Waals surface area (Å²) in [4.78, 5) is 24.6. The van der Waals surface area contributed by atoms with E-state index >= 15 is 0 Å². The van der Waals surface area contributed by atoms with Crippen LogP contribution in [0.4, 0.5) is 0 Å². The van der Waals surface area contributed by atoms with E-state index in [9.17, 15) is 9.59 Å². The predicted molar refractivity (Wildman–Crippen MR) is 72.7 cm³/mol. The van der Waals surface area contributed by atoms with Crippen molar-refractivity contribution in [2.45, 2.75) is 39.0 Å². The van der Waals surface area contributed by atoms with Crippen LogP contribution in [0, 0.1) is 0 Å². The number of nitrogens with zero attached hydrogens (tertiary/aromatic N) is 3. The highest BCUT2D eigenvalue weighted by atomic mass is 16.5. The summed E-state index contributed by atoms with van der Waals surface area (Å²) in [5, 5.41) is 3.32. The molecule has 0 aliphatic heterocycles. The zero-order valence-electron chi connectivity index (χ0n) is 12.2. The molecule has 6 heteroatoms. The normalized spacial score (nSPS) is 12.8. The number of ether oxygens (including phenoxy) is 1. The van der Waals surface area contributed by atoms with Crippen LogP contribution in [0.15, 0.2) is 17.3 Å². The molecular weight excluding hydrogens is 246 g/mol. The molecule has 1 atom stereocenters. The minimum Gasteiger partial charge on any atom is -0.381 e. The number of carbonyl (C=O) groups is 2. The average molecular weight is 269 g/mol. The summed E-state index contributed by atoms with van der Waals surface area (Å²) >= 11 is 0. The van der Waals surface area contributed by atoms with E-state index in [1.54, 1.807) is 6.08 Å². The minimum atomic E-state index is -0.327. The molecule has 0 heterocycles. The van der Waals surface area contributed by atoms with Crippen LogP contribution in [0.2, 0.25) is 0 Å². The molecule has 0 fully saturated rings. The summed E-state index contributed by atoms with van der Waals surface area (Å²) in [6.45, 7) is 2.54. The van der Waals surface area contributed by atoms with Crippen LogP contribution in [-0.4, -0.2) is 31.3 Å². The van der Waals surface area contributed by atoms with Crippen molar-refractivity contribution in [2.75, 3.05) is 19.8 Å². The molecule has 0 radical (unpaired) electrons. The highest BCUT2D eigenvalue weighted by Crippen LogP contribution is 1.99. The number of carbonyl (C=O) groups excluding carboxylic acids is 2. The molecule has 0 aromatic rings. The molecule has 0 rings (SSSR count). The van der Waals surface area contributed by atoms with Gasteiger partial charge in [0.05, 0.1) is 6.61 Å². The molecule has 0 aliphatic rings. The van der Waals surface area contributed by atoms with Gasteiger partial charge in [-0.05, 0) is 37.8 Å². The maximum atomic E-state index is 11.3. The first-order valence-corrected chi connectivity index (χ1v) is 6.26. The van der Waals surface area contributed by atoms with E-state index in [-0.39, 0.29) is 30.8 Å². The number of rotatable bonds is 12. The van der Waals surface area contributed by atoms with Gasteiger partial charge in [0.15, 0.2) is 5.78 Å². The fourth-order valence-corrected chi connectivity index (χ4v) is 1.21. The molecular formula is C13H21N3O3. The Kier molecular flexibility index (Phi) is 10.4. The van der Waals surface area contributed by atoms with E-state index in [0.29, 0.717) is 32.6 Å². The fraction of sp³-hybridized carbons (Fsp3) is 0.692. The van der Waals surface area contributed by atoms with Crippen LogP contribution in [0.25, 0.3) is 10.4 Å². The second-order valence-corrected chi connectivity index (χ2v) is 3.95. The third kappa shape index (κ3) is 14.3. The molecule has 106 valence electrons. The molecule has 6 nitrogen and oxygen atoms in total. The first-order valence-electron chi connectivity index (χ1n) is 6.83. The Morgan fingerprint density at radius 1 is 1.42 bits per heavy atom. The molecule has 0 aromatic heterocycles. The van der Waals surface area contributed by atoms with Gasteiger partial charge in [0, 0.05) is 32.3 Å². The molecule has 0 spiro atoms. The van der Waals surface area contributed by atoms with Gasteiger partial charge < -0.3 is 9.53 Å². The third-order valence-electron chi connectivity index (χ3n) is 2.20. The summed E-state index contributed by atoms with van der Waals surface area (Å²) in [6, 6.07) is 0. The van der Waals surface area contributed by atoms with E-state index in [0.717, 1.165) is 0 Å². The second kappa shape index (κ2) is 12.8. The van der Waals surface area contributed by atoms with Crippen molar-refractivity contribution in [3.8, 4) is 0 Å². The number of Topliss-reactive ketones (excluding diaryl/α,β-unsaturated/α-hetero) is 1. The number of allylic oxidation sites excluding steroid dienone is 2. The van der Waals surface area contributed by atoms with E-state index in [1.165, 1.54) is 13.0 Å². The van der Waals surface area contributed by atoms with Crippen LogP contribution in [0.1, 0.15) is 40.4 Å².